The molecule has 0 aliphatic carbocycles. The first kappa shape index (κ1) is 13.5. The van der Waals surface area contributed by atoms with Gasteiger partial charge in [-0.2, -0.15) is 0 Å². The Morgan fingerprint density at radius 2 is 2.20 bits per heavy atom. The third-order valence-corrected chi connectivity index (χ3v) is 4.80. The first-order valence-electron chi connectivity index (χ1n) is 6.79. The van der Waals surface area contributed by atoms with Gasteiger partial charge in [-0.25, -0.2) is 4.98 Å². The molecule has 0 saturated heterocycles. The molecule has 1 aliphatic rings. The fraction of sp³-hybridized carbons (Fsp3) is 0.312. The van der Waals surface area contributed by atoms with Crippen LogP contribution in [0, 0.1) is 0 Å². The zero-order valence-corrected chi connectivity index (χ0v) is 12.3. The number of thioether (sulfide) groups is 1. The lowest BCUT2D eigenvalue weighted by Gasteiger charge is -2.13. The van der Waals surface area contributed by atoms with Crippen molar-refractivity contribution < 1.29 is 4.74 Å². The van der Waals surface area contributed by atoms with Crippen LogP contribution < -0.4 is 10.1 Å². The summed E-state index contributed by atoms with van der Waals surface area (Å²) < 4.78 is 5.27. The van der Waals surface area contributed by atoms with Crippen molar-refractivity contribution in [2.24, 2.45) is 0 Å². The summed E-state index contributed by atoms with van der Waals surface area (Å²) in [7, 11) is 1.66. The summed E-state index contributed by atoms with van der Waals surface area (Å²) in [6.45, 7) is 1.78. The topological polar surface area (TPSA) is 34.1 Å². The van der Waals surface area contributed by atoms with Gasteiger partial charge in [0, 0.05) is 41.4 Å². The van der Waals surface area contributed by atoms with E-state index in [-0.39, 0.29) is 0 Å². The van der Waals surface area contributed by atoms with Gasteiger partial charge in [0.15, 0.2) is 0 Å². The monoisotopic (exact) mass is 286 g/mol. The van der Waals surface area contributed by atoms with Crippen molar-refractivity contribution in [3.05, 3.63) is 53.7 Å². The molecule has 1 aliphatic heterocycles. The molecule has 0 amide bonds. The number of aromatic nitrogens is 1. The van der Waals surface area contributed by atoms with Gasteiger partial charge >= 0.3 is 0 Å². The van der Waals surface area contributed by atoms with E-state index >= 15 is 0 Å². The number of methoxy groups -OCH3 is 1. The minimum Gasteiger partial charge on any atom is -0.481 e. The Morgan fingerprint density at radius 3 is 3.10 bits per heavy atom. The molecule has 3 rings (SSSR count). The maximum atomic E-state index is 5.27. The van der Waals surface area contributed by atoms with Gasteiger partial charge in [-0.05, 0) is 17.7 Å². The van der Waals surface area contributed by atoms with Crippen molar-refractivity contribution in [2.45, 2.75) is 17.4 Å². The lowest BCUT2D eigenvalue weighted by Crippen LogP contribution is -2.21. The lowest BCUT2D eigenvalue weighted by atomic mass is 10.0. The second-order valence-corrected chi connectivity index (χ2v) is 5.91. The van der Waals surface area contributed by atoms with E-state index in [0.29, 0.717) is 11.8 Å². The van der Waals surface area contributed by atoms with Crippen molar-refractivity contribution in [1.82, 2.24) is 10.3 Å². The van der Waals surface area contributed by atoms with Crippen LogP contribution in [-0.4, -0.2) is 24.4 Å². The Bertz CT molecular complexity index is 588. The molecular formula is C16H18N2OS. The molecule has 2 aromatic rings. The molecule has 0 bridgehead atoms. The molecule has 4 heteroatoms. The average molecular weight is 286 g/mol. The number of nitrogens with zero attached hydrogens (tertiary/aromatic N) is 1. The summed E-state index contributed by atoms with van der Waals surface area (Å²) in [5, 5.41) is 3.53. The Hall–Kier alpha value is -1.52. The number of benzene rings is 1. The highest BCUT2D eigenvalue weighted by molar-refractivity contribution is 7.99. The number of pyridine rings is 1. The highest BCUT2D eigenvalue weighted by Crippen LogP contribution is 2.38. The van der Waals surface area contributed by atoms with Crippen LogP contribution in [0.2, 0.25) is 0 Å². The van der Waals surface area contributed by atoms with Gasteiger partial charge in [0.2, 0.25) is 5.88 Å². The molecule has 0 radical (unpaired) electrons. The van der Waals surface area contributed by atoms with E-state index in [1.807, 2.05) is 17.8 Å². The highest BCUT2D eigenvalue weighted by atomic mass is 32.2. The Kier molecular flexibility index (Phi) is 4.23. The maximum Gasteiger partial charge on any atom is 0.217 e. The van der Waals surface area contributed by atoms with Gasteiger partial charge < -0.3 is 10.1 Å². The number of hydrogen-bond acceptors (Lipinski definition) is 4. The third kappa shape index (κ3) is 2.81. The van der Waals surface area contributed by atoms with Crippen LogP contribution >= 0.6 is 11.8 Å². The summed E-state index contributed by atoms with van der Waals surface area (Å²) in [5.41, 5.74) is 2.58. The quantitative estimate of drug-likeness (QED) is 0.916. The molecular weight excluding hydrogens is 268 g/mol. The van der Waals surface area contributed by atoms with Gasteiger partial charge in [-0.1, -0.05) is 24.3 Å². The summed E-state index contributed by atoms with van der Waals surface area (Å²) in [6, 6.07) is 12.7. The van der Waals surface area contributed by atoms with Crippen molar-refractivity contribution in [2.75, 3.05) is 19.4 Å². The largest absolute Gasteiger partial charge is 0.481 e. The van der Waals surface area contributed by atoms with Gasteiger partial charge in [-0.3, -0.25) is 0 Å². The molecule has 20 heavy (non-hydrogen) atoms. The normalized spacial score (nSPS) is 16.9. The second-order valence-electron chi connectivity index (χ2n) is 4.85. The standard InChI is InChI=1S/C16H18N2OS/c1-19-16-12(5-4-8-18-16)9-17-10-13-11-20-15-7-3-2-6-14(13)15/h2-8,13,17H,9-11H2,1H3. The number of ether oxygens (including phenoxy) is 1. The van der Waals surface area contributed by atoms with Crippen molar-refractivity contribution in [3.8, 4) is 5.88 Å². The number of hydrogen-bond donors (Lipinski definition) is 1. The molecule has 1 unspecified atom stereocenters. The van der Waals surface area contributed by atoms with Gasteiger partial charge in [0.05, 0.1) is 7.11 Å². The van der Waals surface area contributed by atoms with Gasteiger partial charge in [0.1, 0.15) is 0 Å². The molecule has 104 valence electrons. The number of fused-ring (bicyclic) bond motifs is 1. The summed E-state index contributed by atoms with van der Waals surface area (Å²) in [6.07, 6.45) is 1.76. The Balaban J connectivity index is 1.59. The number of nitrogens with one attached hydrogen (secondary N) is 1. The fourth-order valence-corrected chi connectivity index (χ4v) is 3.78. The highest BCUT2D eigenvalue weighted by Gasteiger charge is 2.22. The van der Waals surface area contributed by atoms with Crippen molar-refractivity contribution in [3.63, 3.8) is 0 Å². The first-order chi connectivity index (χ1) is 9.88. The fourth-order valence-electron chi connectivity index (χ4n) is 2.52. The minimum absolute atomic E-state index is 0.596. The molecule has 0 fully saturated rings. The molecule has 1 aromatic carbocycles. The average Bonchev–Trinajstić information content (AvgIpc) is 2.91. The molecule has 0 saturated carbocycles. The second kappa shape index (κ2) is 6.29. The molecule has 1 N–H and O–H groups in total. The lowest BCUT2D eigenvalue weighted by molar-refractivity contribution is 0.390. The summed E-state index contributed by atoms with van der Waals surface area (Å²) >= 11 is 1.95. The Labute approximate surface area is 123 Å². The van der Waals surface area contributed by atoms with E-state index in [0.717, 1.165) is 24.4 Å². The molecule has 3 nitrogen and oxygen atoms in total. The van der Waals surface area contributed by atoms with Crippen LogP contribution in [0.1, 0.15) is 17.0 Å². The predicted molar refractivity (Wildman–Crippen MR) is 82.4 cm³/mol. The molecule has 0 spiro atoms. The zero-order valence-electron chi connectivity index (χ0n) is 11.5. The predicted octanol–water partition coefficient (Wildman–Crippen LogP) is 3.07. The van der Waals surface area contributed by atoms with Crippen LogP contribution in [0.3, 0.4) is 0 Å². The maximum absolute atomic E-state index is 5.27. The third-order valence-electron chi connectivity index (χ3n) is 3.55. The smallest absolute Gasteiger partial charge is 0.217 e. The van der Waals surface area contributed by atoms with E-state index in [2.05, 4.69) is 40.6 Å². The van der Waals surface area contributed by atoms with E-state index in [4.69, 9.17) is 4.74 Å². The van der Waals surface area contributed by atoms with Gasteiger partial charge in [0.25, 0.3) is 0 Å². The molecule has 2 heterocycles. The summed E-state index contributed by atoms with van der Waals surface area (Å²) in [5.74, 6) is 2.47. The van der Waals surface area contributed by atoms with Crippen LogP contribution in [0.15, 0.2) is 47.5 Å². The first-order valence-corrected chi connectivity index (χ1v) is 7.77. The van der Waals surface area contributed by atoms with Crippen molar-refractivity contribution >= 4 is 11.8 Å². The summed E-state index contributed by atoms with van der Waals surface area (Å²) in [4.78, 5) is 5.65. The van der Waals surface area contributed by atoms with E-state index in [1.165, 1.54) is 10.5 Å². The molecule has 1 atom stereocenters. The SMILES string of the molecule is COc1ncccc1CNCC1CSc2ccccc21. The van der Waals surface area contributed by atoms with Crippen LogP contribution in [0.25, 0.3) is 0 Å². The zero-order chi connectivity index (χ0) is 13.8. The van der Waals surface area contributed by atoms with Crippen LogP contribution in [0.5, 0.6) is 5.88 Å². The van der Waals surface area contributed by atoms with Crippen LogP contribution in [-0.2, 0) is 6.54 Å². The molecule has 1 aromatic heterocycles. The van der Waals surface area contributed by atoms with E-state index < -0.39 is 0 Å². The van der Waals surface area contributed by atoms with Gasteiger partial charge in [-0.15, -0.1) is 11.8 Å². The minimum atomic E-state index is 0.596. The number of rotatable bonds is 5. The van der Waals surface area contributed by atoms with Crippen LogP contribution in [0.4, 0.5) is 0 Å². The van der Waals surface area contributed by atoms with E-state index in [9.17, 15) is 0 Å². The van der Waals surface area contributed by atoms with Crippen molar-refractivity contribution in [1.29, 1.82) is 0 Å². The Morgan fingerprint density at radius 1 is 1.30 bits per heavy atom. The van der Waals surface area contributed by atoms with E-state index in [1.54, 1.807) is 13.3 Å².